The summed E-state index contributed by atoms with van der Waals surface area (Å²) < 4.78 is 0. The summed E-state index contributed by atoms with van der Waals surface area (Å²) in [6.45, 7) is 0. The molecule has 64 valence electrons. The van der Waals surface area contributed by atoms with E-state index in [-0.39, 0.29) is 0 Å². The van der Waals surface area contributed by atoms with Crippen LogP contribution in [0.4, 0.5) is 0 Å². The summed E-state index contributed by atoms with van der Waals surface area (Å²) in [5.41, 5.74) is 1.66. The minimum Gasteiger partial charge on any atom is -0.0459 e. The van der Waals surface area contributed by atoms with Crippen molar-refractivity contribution >= 4 is 0 Å². The molecule has 0 atom stereocenters. The van der Waals surface area contributed by atoms with Crippen LogP contribution in [-0.4, -0.2) is 0 Å². The molecule has 0 N–H and O–H groups in total. The standard InChI is InChI=1S/C12H16/c1-2-9(1)11(5-6-11)12(7-8-12)10-3-4-10/h1-8H2. The van der Waals surface area contributed by atoms with Gasteiger partial charge in [-0.15, -0.1) is 0 Å². The molecule has 0 spiro atoms. The molecule has 0 aromatic carbocycles. The Balaban J connectivity index is 1.69. The summed E-state index contributed by atoms with van der Waals surface area (Å²) in [6, 6.07) is 0. The van der Waals surface area contributed by atoms with Crippen molar-refractivity contribution < 1.29 is 0 Å². The predicted octanol–water partition coefficient (Wildman–Crippen LogP) is 3.28. The molecule has 0 heterocycles. The summed E-state index contributed by atoms with van der Waals surface area (Å²) in [6.07, 6.45) is 12.2. The second-order valence-electron chi connectivity index (χ2n) is 5.37. The molecule has 0 heteroatoms. The lowest BCUT2D eigenvalue weighted by Crippen LogP contribution is -2.19. The van der Waals surface area contributed by atoms with E-state index < -0.39 is 0 Å². The van der Waals surface area contributed by atoms with Crippen molar-refractivity contribution in [2.45, 2.75) is 51.4 Å². The van der Waals surface area contributed by atoms with Crippen LogP contribution in [0.5, 0.6) is 0 Å². The highest BCUT2D eigenvalue weighted by molar-refractivity contribution is 5.41. The second kappa shape index (κ2) is 1.63. The van der Waals surface area contributed by atoms with Crippen LogP contribution in [0.25, 0.3) is 0 Å². The van der Waals surface area contributed by atoms with Crippen LogP contribution in [0.1, 0.15) is 51.4 Å². The highest BCUT2D eigenvalue weighted by Crippen LogP contribution is 2.84. The topological polar surface area (TPSA) is 0 Å². The molecule has 4 fully saturated rings. The minimum atomic E-state index is 0.832. The summed E-state index contributed by atoms with van der Waals surface area (Å²) in [4.78, 5) is 0. The van der Waals surface area contributed by atoms with Crippen molar-refractivity contribution in [2.24, 2.45) is 10.8 Å². The maximum absolute atomic E-state index is 1.97. The van der Waals surface area contributed by atoms with E-state index in [1.807, 2.05) is 11.8 Å². The van der Waals surface area contributed by atoms with Gasteiger partial charge in [-0.1, -0.05) is 0 Å². The van der Waals surface area contributed by atoms with Gasteiger partial charge in [0.15, 0.2) is 0 Å². The maximum Gasteiger partial charge on any atom is -0.0173 e. The molecule has 0 aliphatic heterocycles. The van der Waals surface area contributed by atoms with E-state index in [9.17, 15) is 0 Å². The van der Waals surface area contributed by atoms with Crippen molar-refractivity contribution in [1.82, 2.24) is 0 Å². The Morgan fingerprint density at radius 2 is 0.917 bits per heavy atom. The van der Waals surface area contributed by atoms with Crippen LogP contribution in [0.15, 0.2) is 0 Å². The Morgan fingerprint density at radius 3 is 1.08 bits per heavy atom. The van der Waals surface area contributed by atoms with E-state index in [1.54, 1.807) is 25.7 Å². The minimum absolute atomic E-state index is 0.832. The van der Waals surface area contributed by atoms with Gasteiger partial charge in [0.25, 0.3) is 0 Å². The molecule has 4 aliphatic carbocycles. The highest BCUT2D eigenvalue weighted by Gasteiger charge is 2.73. The van der Waals surface area contributed by atoms with Gasteiger partial charge in [-0.3, -0.25) is 0 Å². The van der Waals surface area contributed by atoms with Gasteiger partial charge in [0, 0.05) is 0 Å². The van der Waals surface area contributed by atoms with E-state index in [0.717, 1.165) is 10.8 Å². The molecule has 12 heavy (non-hydrogen) atoms. The van der Waals surface area contributed by atoms with Crippen LogP contribution in [0, 0.1) is 22.7 Å². The first kappa shape index (κ1) is 6.45. The lowest BCUT2D eigenvalue weighted by Gasteiger charge is -2.26. The van der Waals surface area contributed by atoms with Gasteiger partial charge in [0.05, 0.1) is 0 Å². The quantitative estimate of drug-likeness (QED) is 0.594. The van der Waals surface area contributed by atoms with Crippen LogP contribution in [-0.2, 0) is 0 Å². The van der Waals surface area contributed by atoms with E-state index in [2.05, 4.69) is 0 Å². The molecule has 0 unspecified atom stereocenters. The zero-order chi connectivity index (χ0) is 7.81. The molecule has 0 bridgehead atoms. The molecule has 4 saturated carbocycles. The molecular formula is C12H16. The third kappa shape index (κ3) is 0.592. The van der Waals surface area contributed by atoms with Crippen LogP contribution in [0.2, 0.25) is 0 Å². The summed E-state index contributed by atoms with van der Waals surface area (Å²) >= 11 is 0. The summed E-state index contributed by atoms with van der Waals surface area (Å²) in [5, 5.41) is 0. The van der Waals surface area contributed by atoms with Gasteiger partial charge < -0.3 is 0 Å². The normalized spacial score (nSPS) is 41.0. The molecule has 0 saturated heterocycles. The van der Waals surface area contributed by atoms with Crippen molar-refractivity contribution in [3.63, 3.8) is 0 Å². The van der Waals surface area contributed by atoms with Gasteiger partial charge in [0.1, 0.15) is 0 Å². The molecular weight excluding hydrogens is 144 g/mol. The first-order valence-electron chi connectivity index (χ1n) is 5.58. The Morgan fingerprint density at radius 1 is 0.583 bits per heavy atom. The Bertz CT molecular complexity index is 198. The molecule has 4 aliphatic rings. The van der Waals surface area contributed by atoms with Gasteiger partial charge in [-0.05, 0) is 74.0 Å². The Kier molecular flexibility index (Phi) is 0.875. The fourth-order valence-corrected chi connectivity index (χ4v) is 3.67. The zero-order valence-electron chi connectivity index (χ0n) is 7.66. The van der Waals surface area contributed by atoms with Crippen molar-refractivity contribution in [3.05, 3.63) is 11.8 Å². The lowest BCUT2D eigenvalue weighted by atomic mass is 9.78. The third-order valence-electron chi connectivity index (χ3n) is 4.77. The summed E-state index contributed by atoms with van der Waals surface area (Å²) in [7, 11) is 0. The van der Waals surface area contributed by atoms with Gasteiger partial charge >= 0.3 is 0 Å². The molecule has 2 radical (unpaired) electrons. The summed E-state index contributed by atoms with van der Waals surface area (Å²) in [5.74, 6) is 3.94. The van der Waals surface area contributed by atoms with E-state index in [1.165, 1.54) is 25.7 Å². The molecule has 0 aromatic rings. The Hall–Kier alpha value is 0. The lowest BCUT2D eigenvalue weighted by molar-refractivity contribution is 0.355. The fraction of sp³-hybridized carbons (Fsp3) is 0.833. The van der Waals surface area contributed by atoms with Crippen molar-refractivity contribution in [1.29, 1.82) is 0 Å². The smallest absolute Gasteiger partial charge is 0.0173 e. The van der Waals surface area contributed by atoms with Crippen molar-refractivity contribution in [2.75, 3.05) is 0 Å². The molecule has 0 nitrogen and oxygen atoms in total. The third-order valence-corrected chi connectivity index (χ3v) is 4.77. The van der Waals surface area contributed by atoms with Crippen LogP contribution >= 0.6 is 0 Å². The Labute approximate surface area is 74.7 Å². The van der Waals surface area contributed by atoms with E-state index in [0.29, 0.717) is 0 Å². The van der Waals surface area contributed by atoms with Crippen LogP contribution in [0.3, 0.4) is 0 Å². The molecule has 0 amide bonds. The van der Waals surface area contributed by atoms with Gasteiger partial charge in [0.2, 0.25) is 0 Å². The second-order valence-corrected chi connectivity index (χ2v) is 5.37. The van der Waals surface area contributed by atoms with E-state index >= 15 is 0 Å². The van der Waals surface area contributed by atoms with Gasteiger partial charge in [-0.25, -0.2) is 0 Å². The average molecular weight is 160 g/mol. The number of hydrogen-bond acceptors (Lipinski definition) is 0. The maximum atomic E-state index is 1.97. The largest absolute Gasteiger partial charge is 0.0459 e. The van der Waals surface area contributed by atoms with Gasteiger partial charge in [-0.2, -0.15) is 0 Å². The predicted molar refractivity (Wildman–Crippen MR) is 48.3 cm³/mol. The number of hydrogen-bond donors (Lipinski definition) is 0. The van der Waals surface area contributed by atoms with Crippen molar-refractivity contribution in [3.8, 4) is 0 Å². The zero-order valence-corrected chi connectivity index (χ0v) is 7.66. The highest BCUT2D eigenvalue weighted by atomic mass is 14.8. The SMILES string of the molecule is C1C[C]1C1(C2([C]3CC3)CC2)CC1. The molecule has 0 aromatic heterocycles. The first-order chi connectivity index (χ1) is 5.87. The van der Waals surface area contributed by atoms with E-state index in [4.69, 9.17) is 0 Å². The number of rotatable bonds is 3. The van der Waals surface area contributed by atoms with Crippen LogP contribution < -0.4 is 0 Å². The average Bonchev–Trinajstić information content (AvgIpc) is 2.77. The first-order valence-corrected chi connectivity index (χ1v) is 5.58. The fourth-order valence-electron chi connectivity index (χ4n) is 3.67. The monoisotopic (exact) mass is 160 g/mol. The molecule has 4 rings (SSSR count).